The van der Waals surface area contributed by atoms with Crippen molar-refractivity contribution in [2.45, 2.75) is 19.4 Å². The number of carbonyl (C=O) groups excluding carboxylic acids is 1. The summed E-state index contributed by atoms with van der Waals surface area (Å²) < 4.78 is 16.2. The smallest absolute Gasteiger partial charge is 0.223 e. The van der Waals surface area contributed by atoms with Crippen molar-refractivity contribution < 1.29 is 19.0 Å². The van der Waals surface area contributed by atoms with E-state index >= 15 is 0 Å². The second-order valence-electron chi connectivity index (χ2n) is 8.28. The number of piperidine rings is 1. The first-order valence-corrected chi connectivity index (χ1v) is 11.6. The van der Waals surface area contributed by atoms with Gasteiger partial charge in [0.05, 0.1) is 21.3 Å². The number of rotatable bonds is 9. The quantitative estimate of drug-likeness (QED) is 0.481. The fourth-order valence-corrected chi connectivity index (χ4v) is 4.16. The predicted octanol–water partition coefficient (Wildman–Crippen LogP) is 3.78. The van der Waals surface area contributed by atoms with Crippen LogP contribution in [0.15, 0.2) is 54.6 Å². The molecule has 0 spiro atoms. The normalized spacial score (nSPS) is 13.7. The molecule has 2 heterocycles. The van der Waals surface area contributed by atoms with E-state index in [0.717, 1.165) is 43.0 Å². The monoisotopic (exact) mass is 477 g/mol. The van der Waals surface area contributed by atoms with E-state index in [2.05, 4.69) is 25.7 Å². The predicted molar refractivity (Wildman–Crippen MR) is 135 cm³/mol. The Kier molecular flexibility index (Phi) is 7.87. The molecule has 1 aliphatic rings. The third kappa shape index (κ3) is 5.92. The lowest BCUT2D eigenvalue weighted by Gasteiger charge is -2.31. The molecule has 1 aromatic heterocycles. The lowest BCUT2D eigenvalue weighted by atomic mass is 9.96. The molecule has 1 amide bonds. The number of nitrogens with zero attached hydrogens (tertiary/aromatic N) is 3. The van der Waals surface area contributed by atoms with Gasteiger partial charge in [-0.2, -0.15) is 0 Å². The standard InChI is InChI=1S/C26H31N5O4/c1-33-21-15-20(16-22(34-2)25(21)35-3)28-23-9-10-24(30-29-23)31-13-11-19(12-14-31)26(32)27-17-18-7-5-4-6-8-18/h4-10,15-16,19H,11-14,17H2,1-3H3,(H,27,32)(H,28,29). The number of ether oxygens (including phenoxy) is 3. The van der Waals surface area contributed by atoms with Crippen molar-refractivity contribution in [2.75, 3.05) is 44.6 Å². The van der Waals surface area contributed by atoms with Gasteiger partial charge in [-0.3, -0.25) is 4.79 Å². The molecule has 1 fully saturated rings. The molecule has 1 aliphatic heterocycles. The summed E-state index contributed by atoms with van der Waals surface area (Å²) in [4.78, 5) is 14.7. The Morgan fingerprint density at radius 1 is 0.943 bits per heavy atom. The number of hydrogen-bond donors (Lipinski definition) is 2. The van der Waals surface area contributed by atoms with Crippen molar-refractivity contribution >= 4 is 23.2 Å². The SMILES string of the molecule is COc1cc(Nc2ccc(N3CCC(C(=O)NCc4ccccc4)CC3)nn2)cc(OC)c1OC. The zero-order valence-corrected chi connectivity index (χ0v) is 20.3. The van der Waals surface area contributed by atoms with Crippen LogP contribution in [-0.4, -0.2) is 50.5 Å². The van der Waals surface area contributed by atoms with E-state index < -0.39 is 0 Å². The highest BCUT2D eigenvalue weighted by Gasteiger charge is 2.25. The minimum Gasteiger partial charge on any atom is -0.493 e. The highest BCUT2D eigenvalue weighted by Crippen LogP contribution is 2.40. The Morgan fingerprint density at radius 2 is 1.63 bits per heavy atom. The third-order valence-corrected chi connectivity index (χ3v) is 6.09. The molecule has 9 nitrogen and oxygen atoms in total. The first kappa shape index (κ1) is 24.1. The number of methoxy groups -OCH3 is 3. The molecule has 0 saturated carbocycles. The van der Waals surface area contributed by atoms with Crippen LogP contribution in [0.1, 0.15) is 18.4 Å². The van der Waals surface area contributed by atoms with Crippen LogP contribution in [0.25, 0.3) is 0 Å². The summed E-state index contributed by atoms with van der Waals surface area (Å²) in [7, 11) is 4.72. The molecular weight excluding hydrogens is 446 g/mol. The Balaban J connectivity index is 1.31. The van der Waals surface area contributed by atoms with Crippen LogP contribution in [0.4, 0.5) is 17.3 Å². The fourth-order valence-electron chi connectivity index (χ4n) is 4.16. The highest BCUT2D eigenvalue weighted by atomic mass is 16.5. The Labute approximate surface area is 205 Å². The average Bonchev–Trinajstić information content (AvgIpc) is 2.92. The molecule has 1 saturated heterocycles. The van der Waals surface area contributed by atoms with Crippen molar-refractivity contribution in [1.82, 2.24) is 15.5 Å². The molecule has 2 aromatic carbocycles. The van der Waals surface area contributed by atoms with Gasteiger partial charge < -0.3 is 29.7 Å². The van der Waals surface area contributed by atoms with Crippen LogP contribution in [0.5, 0.6) is 17.2 Å². The minimum absolute atomic E-state index is 0.0175. The van der Waals surface area contributed by atoms with Gasteiger partial charge in [0, 0.05) is 43.4 Å². The number of anilines is 3. The summed E-state index contributed by atoms with van der Waals surface area (Å²) in [5, 5.41) is 15.0. The number of aromatic nitrogens is 2. The van der Waals surface area contributed by atoms with E-state index in [1.807, 2.05) is 54.6 Å². The molecule has 4 rings (SSSR count). The van der Waals surface area contributed by atoms with E-state index in [4.69, 9.17) is 14.2 Å². The van der Waals surface area contributed by atoms with Crippen molar-refractivity contribution in [1.29, 1.82) is 0 Å². The van der Waals surface area contributed by atoms with Crippen LogP contribution in [0, 0.1) is 5.92 Å². The summed E-state index contributed by atoms with van der Waals surface area (Å²) in [6.45, 7) is 2.08. The maximum atomic E-state index is 12.6. The van der Waals surface area contributed by atoms with Crippen molar-refractivity contribution in [3.63, 3.8) is 0 Å². The molecule has 184 valence electrons. The number of benzene rings is 2. The van der Waals surface area contributed by atoms with Crippen LogP contribution >= 0.6 is 0 Å². The molecule has 9 heteroatoms. The van der Waals surface area contributed by atoms with Crippen LogP contribution in [0.2, 0.25) is 0 Å². The fraction of sp³-hybridized carbons (Fsp3) is 0.346. The molecule has 0 atom stereocenters. The van der Waals surface area contributed by atoms with Gasteiger partial charge in [-0.25, -0.2) is 0 Å². The van der Waals surface area contributed by atoms with Crippen LogP contribution in [-0.2, 0) is 11.3 Å². The Hall–Kier alpha value is -4.01. The highest BCUT2D eigenvalue weighted by molar-refractivity contribution is 5.79. The topological polar surface area (TPSA) is 97.8 Å². The summed E-state index contributed by atoms with van der Waals surface area (Å²) in [5.74, 6) is 3.15. The number of carbonyl (C=O) groups is 1. The summed E-state index contributed by atoms with van der Waals surface area (Å²) >= 11 is 0. The molecule has 0 unspecified atom stereocenters. The summed E-state index contributed by atoms with van der Waals surface area (Å²) in [6, 6.07) is 17.4. The minimum atomic E-state index is 0.0175. The molecule has 3 aromatic rings. The Morgan fingerprint density at radius 3 is 2.20 bits per heavy atom. The molecule has 0 radical (unpaired) electrons. The van der Waals surface area contributed by atoms with Crippen LogP contribution in [0.3, 0.4) is 0 Å². The summed E-state index contributed by atoms with van der Waals surface area (Å²) in [5.41, 5.74) is 1.85. The average molecular weight is 478 g/mol. The van der Waals surface area contributed by atoms with Gasteiger partial charge >= 0.3 is 0 Å². The van der Waals surface area contributed by atoms with Crippen molar-refractivity contribution in [3.8, 4) is 17.2 Å². The van der Waals surface area contributed by atoms with Gasteiger partial charge in [-0.1, -0.05) is 30.3 Å². The van der Waals surface area contributed by atoms with Crippen molar-refractivity contribution in [2.24, 2.45) is 5.92 Å². The molecular formula is C26H31N5O4. The second-order valence-corrected chi connectivity index (χ2v) is 8.28. The largest absolute Gasteiger partial charge is 0.493 e. The van der Waals surface area contributed by atoms with E-state index in [1.54, 1.807) is 21.3 Å². The van der Waals surface area contributed by atoms with Gasteiger partial charge in [0.15, 0.2) is 23.1 Å². The van der Waals surface area contributed by atoms with E-state index in [-0.39, 0.29) is 11.8 Å². The molecule has 2 N–H and O–H groups in total. The van der Waals surface area contributed by atoms with Gasteiger partial charge in [0.1, 0.15) is 0 Å². The second kappa shape index (κ2) is 11.4. The third-order valence-electron chi connectivity index (χ3n) is 6.09. The molecule has 0 aliphatic carbocycles. The lowest BCUT2D eigenvalue weighted by Crippen LogP contribution is -2.40. The molecule has 35 heavy (non-hydrogen) atoms. The lowest BCUT2D eigenvalue weighted by molar-refractivity contribution is -0.125. The van der Waals surface area contributed by atoms with Crippen molar-refractivity contribution in [3.05, 3.63) is 60.2 Å². The zero-order valence-electron chi connectivity index (χ0n) is 20.3. The number of amides is 1. The van der Waals surface area contributed by atoms with Gasteiger partial charge in [0.25, 0.3) is 0 Å². The van der Waals surface area contributed by atoms with Gasteiger partial charge in [0.2, 0.25) is 11.7 Å². The maximum absolute atomic E-state index is 12.6. The van der Waals surface area contributed by atoms with Crippen LogP contribution < -0.4 is 29.7 Å². The zero-order chi connectivity index (χ0) is 24.6. The summed E-state index contributed by atoms with van der Waals surface area (Å²) in [6.07, 6.45) is 1.57. The first-order chi connectivity index (χ1) is 17.1. The van der Waals surface area contributed by atoms with Gasteiger partial charge in [-0.05, 0) is 30.5 Å². The molecule has 0 bridgehead atoms. The first-order valence-electron chi connectivity index (χ1n) is 11.6. The number of nitrogens with one attached hydrogen (secondary N) is 2. The van der Waals surface area contributed by atoms with E-state index in [9.17, 15) is 4.79 Å². The van der Waals surface area contributed by atoms with E-state index in [1.165, 1.54) is 0 Å². The van der Waals surface area contributed by atoms with E-state index in [0.29, 0.717) is 29.6 Å². The number of hydrogen-bond acceptors (Lipinski definition) is 8. The Bertz CT molecular complexity index is 1090. The maximum Gasteiger partial charge on any atom is 0.223 e. The van der Waals surface area contributed by atoms with Gasteiger partial charge in [-0.15, -0.1) is 10.2 Å².